The molecule has 12 heteroatoms. The monoisotopic (exact) mass is 532 g/mol. The van der Waals surface area contributed by atoms with Gasteiger partial charge in [0.2, 0.25) is 6.79 Å². The van der Waals surface area contributed by atoms with Gasteiger partial charge in [-0.2, -0.15) is 0 Å². The largest absolute Gasteiger partial charge is 0.493 e. The second-order valence-electron chi connectivity index (χ2n) is 7.66. The fourth-order valence-corrected chi connectivity index (χ4v) is 3.08. The second kappa shape index (κ2) is 16.5. The van der Waals surface area contributed by atoms with Gasteiger partial charge in [0.05, 0.1) is 26.7 Å². The molecular weight excluding hydrogens is 500 g/mol. The molecule has 0 radical (unpaired) electrons. The number of nitrogens with one attached hydrogen (secondary N) is 1. The summed E-state index contributed by atoms with van der Waals surface area (Å²) in [6, 6.07) is 9.50. The molecule has 0 saturated carbocycles. The number of benzene rings is 1. The number of esters is 3. The molecule has 1 amide bonds. The number of carbonyl (C=O) groups is 4. The molecule has 1 aromatic heterocycles. The van der Waals surface area contributed by atoms with Gasteiger partial charge in [-0.25, -0.2) is 9.78 Å². The predicted octanol–water partition coefficient (Wildman–Crippen LogP) is 1.84. The summed E-state index contributed by atoms with van der Waals surface area (Å²) in [5.41, 5.74) is 0.711. The van der Waals surface area contributed by atoms with E-state index in [4.69, 9.17) is 28.4 Å². The third kappa shape index (κ3) is 10.1. The minimum Gasteiger partial charge on any atom is -0.493 e. The molecule has 0 saturated heterocycles. The number of aryl methyl sites for hydroxylation is 1. The molecule has 1 aromatic carbocycles. The summed E-state index contributed by atoms with van der Waals surface area (Å²) in [5, 5.41) is 2.45. The number of amides is 1. The minimum atomic E-state index is -1.31. The molecule has 38 heavy (non-hydrogen) atoms. The molecule has 0 aliphatic heterocycles. The van der Waals surface area contributed by atoms with Crippen molar-refractivity contribution in [2.75, 3.05) is 40.8 Å². The van der Waals surface area contributed by atoms with Gasteiger partial charge >= 0.3 is 17.9 Å². The summed E-state index contributed by atoms with van der Waals surface area (Å²) in [4.78, 5) is 53.5. The Balaban J connectivity index is 2.06. The molecule has 2 rings (SSSR count). The van der Waals surface area contributed by atoms with Crippen LogP contribution in [0.25, 0.3) is 0 Å². The number of nitrogens with zero attached hydrogens (tertiary/aromatic N) is 1. The van der Waals surface area contributed by atoms with Crippen molar-refractivity contribution in [3.05, 3.63) is 53.9 Å². The van der Waals surface area contributed by atoms with Crippen LogP contribution in [0.2, 0.25) is 0 Å². The van der Waals surface area contributed by atoms with Gasteiger partial charge < -0.3 is 33.7 Å². The number of rotatable bonds is 16. The third-order valence-corrected chi connectivity index (χ3v) is 4.98. The molecule has 0 bridgehead atoms. The number of methoxy groups -OCH3 is 2. The molecule has 12 nitrogen and oxygen atoms in total. The van der Waals surface area contributed by atoms with Crippen molar-refractivity contribution in [1.29, 1.82) is 0 Å². The topological polar surface area (TPSA) is 149 Å². The lowest BCUT2D eigenvalue weighted by molar-refractivity contribution is -0.152. The average molecular weight is 533 g/mol. The first-order valence-corrected chi connectivity index (χ1v) is 11.9. The van der Waals surface area contributed by atoms with Crippen LogP contribution in [0.3, 0.4) is 0 Å². The van der Waals surface area contributed by atoms with Crippen LogP contribution in [0.5, 0.6) is 11.5 Å². The second-order valence-corrected chi connectivity index (χ2v) is 7.66. The Kier molecular flexibility index (Phi) is 13.1. The van der Waals surface area contributed by atoms with E-state index in [1.807, 2.05) is 30.3 Å². The van der Waals surface area contributed by atoms with Crippen LogP contribution in [0, 0.1) is 0 Å². The lowest BCUT2D eigenvalue weighted by atomic mass is 10.1. The van der Waals surface area contributed by atoms with Crippen molar-refractivity contribution < 1.29 is 47.6 Å². The van der Waals surface area contributed by atoms with Crippen molar-refractivity contribution in [1.82, 2.24) is 10.3 Å². The van der Waals surface area contributed by atoms with E-state index >= 15 is 0 Å². The van der Waals surface area contributed by atoms with Crippen LogP contribution in [0.15, 0.2) is 42.6 Å². The van der Waals surface area contributed by atoms with Gasteiger partial charge in [-0.15, -0.1) is 0 Å². The molecule has 1 N–H and O–H groups in total. The Bertz CT molecular complexity index is 1060. The zero-order chi connectivity index (χ0) is 27.8. The van der Waals surface area contributed by atoms with Crippen LogP contribution in [-0.2, 0) is 39.8 Å². The fourth-order valence-electron chi connectivity index (χ4n) is 3.08. The van der Waals surface area contributed by atoms with E-state index in [9.17, 15) is 19.2 Å². The van der Waals surface area contributed by atoms with E-state index in [2.05, 4.69) is 10.3 Å². The first-order chi connectivity index (χ1) is 18.4. The van der Waals surface area contributed by atoms with Crippen molar-refractivity contribution in [3.8, 4) is 11.5 Å². The Labute approximate surface area is 220 Å². The summed E-state index contributed by atoms with van der Waals surface area (Å²) in [7, 11) is 2.80. The number of ether oxygens (including phenoxy) is 6. The van der Waals surface area contributed by atoms with E-state index in [-0.39, 0.29) is 43.2 Å². The summed E-state index contributed by atoms with van der Waals surface area (Å²) in [6.07, 6.45) is 1.86. The molecular formula is C26H32N2O10. The Morgan fingerprint density at radius 3 is 2.37 bits per heavy atom. The number of aromatic nitrogens is 1. The van der Waals surface area contributed by atoms with Crippen LogP contribution in [0.4, 0.5) is 0 Å². The standard InChI is InChI=1S/C26H32N2O10/c1-4-35-26(32)19(16-36-21(29)11-10-18-8-6-5-7-9-18)28-25(31)23-24(20(34-3)12-14-27-23)38-17-37-22(30)13-15-33-2/h5-9,12,14,19H,4,10-11,13,15-17H2,1-3H3,(H,28,31)/t19-/m0/s1. The SMILES string of the molecule is CCOC(=O)[C@H](COC(=O)CCc1ccccc1)NC(=O)c1nccc(OC)c1OCOC(=O)CCOC. The molecule has 206 valence electrons. The zero-order valence-electron chi connectivity index (χ0n) is 21.6. The van der Waals surface area contributed by atoms with Crippen LogP contribution >= 0.6 is 0 Å². The van der Waals surface area contributed by atoms with Crippen LogP contribution in [0.1, 0.15) is 35.8 Å². The number of hydrogen-bond acceptors (Lipinski definition) is 11. The quantitative estimate of drug-likeness (QED) is 0.192. The maximum atomic E-state index is 13.1. The highest BCUT2D eigenvalue weighted by Crippen LogP contribution is 2.29. The van der Waals surface area contributed by atoms with Gasteiger partial charge in [0.25, 0.3) is 5.91 Å². The van der Waals surface area contributed by atoms with Crippen LogP contribution < -0.4 is 14.8 Å². The lowest BCUT2D eigenvalue weighted by Crippen LogP contribution is -2.45. The van der Waals surface area contributed by atoms with Crippen LogP contribution in [-0.4, -0.2) is 75.7 Å². The van der Waals surface area contributed by atoms with Gasteiger partial charge in [0.15, 0.2) is 23.2 Å². The Morgan fingerprint density at radius 1 is 0.947 bits per heavy atom. The Hall–Kier alpha value is -4.19. The smallest absolute Gasteiger partial charge is 0.332 e. The van der Waals surface area contributed by atoms with E-state index < -0.39 is 43.3 Å². The third-order valence-electron chi connectivity index (χ3n) is 4.98. The molecule has 1 atom stereocenters. The highest BCUT2D eigenvalue weighted by Gasteiger charge is 2.28. The molecule has 0 unspecified atom stereocenters. The van der Waals surface area contributed by atoms with E-state index in [1.165, 1.54) is 26.5 Å². The lowest BCUT2D eigenvalue weighted by Gasteiger charge is -2.19. The van der Waals surface area contributed by atoms with Gasteiger partial charge in [0.1, 0.15) is 6.61 Å². The maximum absolute atomic E-state index is 13.1. The van der Waals surface area contributed by atoms with Gasteiger partial charge in [0, 0.05) is 25.8 Å². The molecule has 1 heterocycles. The fraction of sp³-hybridized carbons (Fsp3) is 0.423. The van der Waals surface area contributed by atoms with E-state index in [0.717, 1.165) is 5.56 Å². The van der Waals surface area contributed by atoms with Crippen molar-refractivity contribution >= 4 is 23.8 Å². The maximum Gasteiger partial charge on any atom is 0.332 e. The highest BCUT2D eigenvalue weighted by molar-refractivity contribution is 5.98. The van der Waals surface area contributed by atoms with Gasteiger partial charge in [-0.1, -0.05) is 30.3 Å². The number of carbonyl (C=O) groups excluding carboxylic acids is 4. The summed E-state index contributed by atoms with van der Waals surface area (Å²) >= 11 is 0. The summed E-state index contributed by atoms with van der Waals surface area (Å²) in [6.45, 7) is 0.856. The number of pyridine rings is 1. The average Bonchev–Trinajstić information content (AvgIpc) is 2.93. The summed E-state index contributed by atoms with van der Waals surface area (Å²) < 4.78 is 30.7. The van der Waals surface area contributed by atoms with E-state index in [0.29, 0.717) is 6.42 Å². The number of hydrogen-bond donors (Lipinski definition) is 1. The highest BCUT2D eigenvalue weighted by atomic mass is 16.7. The normalized spacial score (nSPS) is 11.1. The zero-order valence-corrected chi connectivity index (χ0v) is 21.6. The molecule has 0 aliphatic carbocycles. The summed E-state index contributed by atoms with van der Waals surface area (Å²) in [5.74, 6) is -2.72. The van der Waals surface area contributed by atoms with Crippen molar-refractivity contribution in [2.24, 2.45) is 0 Å². The first-order valence-electron chi connectivity index (χ1n) is 11.9. The molecule has 0 fully saturated rings. The van der Waals surface area contributed by atoms with Crippen molar-refractivity contribution in [3.63, 3.8) is 0 Å². The first kappa shape index (κ1) is 30.0. The van der Waals surface area contributed by atoms with Gasteiger partial charge in [-0.3, -0.25) is 14.4 Å². The molecule has 0 spiro atoms. The van der Waals surface area contributed by atoms with Gasteiger partial charge in [-0.05, 0) is 18.9 Å². The predicted molar refractivity (Wildman–Crippen MR) is 132 cm³/mol. The minimum absolute atomic E-state index is 0.0165. The molecule has 2 aromatic rings. The van der Waals surface area contributed by atoms with Crippen molar-refractivity contribution in [2.45, 2.75) is 32.2 Å². The van der Waals surface area contributed by atoms with E-state index in [1.54, 1.807) is 6.92 Å². The Morgan fingerprint density at radius 2 is 1.68 bits per heavy atom. The molecule has 0 aliphatic rings.